The van der Waals surface area contributed by atoms with Gasteiger partial charge in [0.05, 0.1) is 16.4 Å². The van der Waals surface area contributed by atoms with Crippen molar-refractivity contribution in [3.8, 4) is 0 Å². The zero-order valence-electron chi connectivity index (χ0n) is 16.1. The summed E-state index contributed by atoms with van der Waals surface area (Å²) in [7, 11) is -3.75. The zero-order valence-corrected chi connectivity index (χ0v) is 16.9. The van der Waals surface area contributed by atoms with Crippen LogP contribution in [0.4, 0.5) is 11.4 Å². The van der Waals surface area contributed by atoms with Gasteiger partial charge in [-0.15, -0.1) is 10.2 Å². The van der Waals surface area contributed by atoms with Crippen molar-refractivity contribution in [1.29, 1.82) is 0 Å². The molecule has 0 saturated carbocycles. The van der Waals surface area contributed by atoms with E-state index in [0.29, 0.717) is 18.9 Å². The van der Waals surface area contributed by atoms with Crippen LogP contribution in [0.1, 0.15) is 43.8 Å². The summed E-state index contributed by atoms with van der Waals surface area (Å²) in [5.74, 6) is 1.64. The molecular formula is C18H24N6O4S. The van der Waals surface area contributed by atoms with E-state index < -0.39 is 14.9 Å². The molecule has 0 radical (unpaired) electrons. The summed E-state index contributed by atoms with van der Waals surface area (Å²) in [5.41, 5.74) is 0.00206. The van der Waals surface area contributed by atoms with Crippen molar-refractivity contribution in [2.45, 2.75) is 56.5 Å². The lowest BCUT2D eigenvalue weighted by atomic mass is 10.2. The molecule has 2 aliphatic rings. The van der Waals surface area contributed by atoms with E-state index in [1.54, 1.807) is 0 Å². The molecule has 4 rings (SSSR count). The fourth-order valence-corrected chi connectivity index (χ4v) is 5.46. The number of sulfonamides is 1. The minimum atomic E-state index is -3.75. The van der Waals surface area contributed by atoms with Crippen molar-refractivity contribution < 1.29 is 13.3 Å². The van der Waals surface area contributed by atoms with Gasteiger partial charge in [-0.2, -0.15) is 4.31 Å². The lowest BCUT2D eigenvalue weighted by Gasteiger charge is -2.20. The molecule has 1 saturated heterocycles. The fraction of sp³-hybridized carbons (Fsp3) is 0.556. The number of nitro benzene ring substituents is 1. The predicted octanol–water partition coefficient (Wildman–Crippen LogP) is 2.31. The molecule has 1 aromatic heterocycles. The van der Waals surface area contributed by atoms with Crippen LogP contribution < -0.4 is 5.32 Å². The Morgan fingerprint density at radius 3 is 2.55 bits per heavy atom. The molecule has 11 heteroatoms. The smallest absolute Gasteiger partial charge is 0.293 e. The molecule has 29 heavy (non-hydrogen) atoms. The molecule has 10 nitrogen and oxygen atoms in total. The van der Waals surface area contributed by atoms with E-state index in [-0.39, 0.29) is 22.8 Å². The Bertz CT molecular complexity index is 1010. The van der Waals surface area contributed by atoms with Gasteiger partial charge in [-0.25, -0.2) is 8.42 Å². The number of nitro groups is 1. The van der Waals surface area contributed by atoms with Crippen LogP contribution in [0.2, 0.25) is 0 Å². The van der Waals surface area contributed by atoms with E-state index in [1.165, 1.54) is 16.4 Å². The molecule has 2 aromatic rings. The first kappa shape index (κ1) is 19.8. The van der Waals surface area contributed by atoms with Crippen LogP contribution in [0.5, 0.6) is 0 Å². The molecule has 156 valence electrons. The van der Waals surface area contributed by atoms with Crippen LogP contribution in [-0.4, -0.2) is 45.5 Å². The van der Waals surface area contributed by atoms with Gasteiger partial charge in [-0.05, 0) is 31.4 Å². The van der Waals surface area contributed by atoms with Gasteiger partial charge in [-0.1, -0.05) is 12.8 Å². The Balaban J connectivity index is 1.57. The van der Waals surface area contributed by atoms with Gasteiger partial charge in [-0.3, -0.25) is 10.1 Å². The Morgan fingerprint density at radius 2 is 1.83 bits per heavy atom. The van der Waals surface area contributed by atoms with Crippen molar-refractivity contribution in [2.75, 3.05) is 18.4 Å². The van der Waals surface area contributed by atoms with Crippen molar-refractivity contribution >= 4 is 21.4 Å². The van der Waals surface area contributed by atoms with E-state index in [0.717, 1.165) is 57.0 Å². The van der Waals surface area contributed by atoms with Crippen LogP contribution in [0.25, 0.3) is 0 Å². The third kappa shape index (κ3) is 3.97. The summed E-state index contributed by atoms with van der Waals surface area (Å²) in [5, 5.41) is 22.9. The first-order valence-corrected chi connectivity index (χ1v) is 11.3. The van der Waals surface area contributed by atoms with Gasteiger partial charge in [0.25, 0.3) is 5.69 Å². The van der Waals surface area contributed by atoms with Crippen LogP contribution in [0.15, 0.2) is 23.1 Å². The summed E-state index contributed by atoms with van der Waals surface area (Å²) in [6, 6.07) is 4.05. The second-order valence-corrected chi connectivity index (χ2v) is 9.33. The van der Waals surface area contributed by atoms with Gasteiger partial charge in [0.15, 0.2) is 5.82 Å². The maximum Gasteiger partial charge on any atom is 0.293 e. The molecule has 0 unspecified atom stereocenters. The summed E-state index contributed by atoms with van der Waals surface area (Å²) < 4.78 is 29.4. The maximum absolute atomic E-state index is 13.0. The molecule has 1 N–H and O–H groups in total. The Hall–Kier alpha value is -2.53. The average molecular weight is 420 g/mol. The number of anilines is 1. The predicted molar refractivity (Wildman–Crippen MR) is 106 cm³/mol. The number of rotatable bonds is 6. The number of hydrogen-bond acceptors (Lipinski definition) is 7. The Kier molecular flexibility index (Phi) is 5.50. The summed E-state index contributed by atoms with van der Waals surface area (Å²) in [6.07, 6.45) is 5.52. The number of nitrogens with one attached hydrogen (secondary N) is 1. The molecule has 2 aliphatic heterocycles. The second-order valence-electron chi connectivity index (χ2n) is 7.40. The minimum absolute atomic E-state index is 0.0416. The number of benzene rings is 1. The van der Waals surface area contributed by atoms with Crippen molar-refractivity contribution in [3.63, 3.8) is 0 Å². The summed E-state index contributed by atoms with van der Waals surface area (Å²) in [6.45, 7) is 2.03. The molecule has 1 fully saturated rings. The third-order valence-electron chi connectivity index (χ3n) is 5.49. The quantitative estimate of drug-likeness (QED) is 0.562. The maximum atomic E-state index is 13.0. The van der Waals surface area contributed by atoms with E-state index >= 15 is 0 Å². The lowest BCUT2D eigenvalue weighted by molar-refractivity contribution is -0.384. The number of fused-ring (bicyclic) bond motifs is 1. The first-order chi connectivity index (χ1) is 14.0. The van der Waals surface area contributed by atoms with Crippen molar-refractivity contribution in [3.05, 3.63) is 40.0 Å². The van der Waals surface area contributed by atoms with E-state index in [9.17, 15) is 18.5 Å². The normalized spacial score (nSPS) is 17.7. The fourth-order valence-electron chi connectivity index (χ4n) is 3.92. The van der Waals surface area contributed by atoms with Gasteiger partial charge >= 0.3 is 0 Å². The monoisotopic (exact) mass is 420 g/mol. The molecule has 3 heterocycles. The van der Waals surface area contributed by atoms with E-state index in [1.807, 2.05) is 4.57 Å². The molecule has 0 atom stereocenters. The molecule has 0 bridgehead atoms. The van der Waals surface area contributed by atoms with Crippen molar-refractivity contribution in [2.24, 2.45) is 0 Å². The number of hydrogen-bond donors (Lipinski definition) is 1. The molecular weight excluding hydrogens is 396 g/mol. The van der Waals surface area contributed by atoms with Crippen molar-refractivity contribution in [1.82, 2.24) is 19.1 Å². The summed E-state index contributed by atoms with van der Waals surface area (Å²) in [4.78, 5) is 11.0. The highest BCUT2D eigenvalue weighted by Gasteiger charge is 2.28. The topological polar surface area (TPSA) is 123 Å². The Labute approximate surface area is 169 Å². The summed E-state index contributed by atoms with van der Waals surface area (Å²) >= 11 is 0. The van der Waals surface area contributed by atoms with Gasteiger partial charge < -0.3 is 9.88 Å². The molecule has 1 aromatic carbocycles. The lowest BCUT2D eigenvalue weighted by Crippen LogP contribution is -2.32. The van der Waals surface area contributed by atoms with Gasteiger partial charge in [0.1, 0.15) is 11.5 Å². The minimum Gasteiger partial charge on any atom is -0.372 e. The van der Waals surface area contributed by atoms with Crippen LogP contribution in [0, 0.1) is 10.1 Å². The van der Waals surface area contributed by atoms with Gasteiger partial charge in [0, 0.05) is 32.1 Å². The average Bonchev–Trinajstić information content (AvgIpc) is 3.20. The zero-order chi connectivity index (χ0) is 20.4. The highest BCUT2D eigenvalue weighted by Crippen LogP contribution is 2.30. The Morgan fingerprint density at radius 1 is 1.07 bits per heavy atom. The SMILES string of the molecule is O=[N+]([O-])c1cc(S(=O)(=O)N2CCCCCC2)ccc1NCc1nnc2n1CCC2. The standard InChI is InChI=1S/C18H24N6O4S/c25-24(26)16-12-14(29(27,28)22-9-3-1-2-4-10-22)7-8-15(16)19-13-18-21-20-17-6-5-11-23(17)18/h7-8,12,19H,1-6,9-11,13H2. The third-order valence-corrected chi connectivity index (χ3v) is 7.39. The van der Waals surface area contributed by atoms with E-state index in [2.05, 4.69) is 15.5 Å². The first-order valence-electron chi connectivity index (χ1n) is 9.90. The van der Waals surface area contributed by atoms with E-state index in [4.69, 9.17) is 0 Å². The van der Waals surface area contributed by atoms with Gasteiger partial charge in [0.2, 0.25) is 10.0 Å². The number of aromatic nitrogens is 3. The molecule has 0 spiro atoms. The van der Waals surface area contributed by atoms with Crippen LogP contribution in [0.3, 0.4) is 0 Å². The second kappa shape index (κ2) is 8.07. The highest BCUT2D eigenvalue weighted by molar-refractivity contribution is 7.89. The van der Waals surface area contributed by atoms with Crippen LogP contribution in [-0.2, 0) is 29.5 Å². The number of nitrogens with zero attached hydrogens (tertiary/aromatic N) is 5. The molecule has 0 aliphatic carbocycles. The number of aryl methyl sites for hydroxylation is 1. The largest absolute Gasteiger partial charge is 0.372 e. The van der Waals surface area contributed by atoms with Crippen LogP contribution >= 0.6 is 0 Å². The highest BCUT2D eigenvalue weighted by atomic mass is 32.2. The molecule has 0 amide bonds.